The summed E-state index contributed by atoms with van der Waals surface area (Å²) >= 11 is 0. The number of benzene rings is 1. The Morgan fingerprint density at radius 3 is 2.73 bits per heavy atom. The summed E-state index contributed by atoms with van der Waals surface area (Å²) in [6, 6.07) is 14.3. The Hall–Kier alpha value is -2.66. The molecule has 0 saturated carbocycles. The molecule has 5 heteroatoms. The van der Waals surface area contributed by atoms with Gasteiger partial charge in [0.15, 0.2) is 0 Å². The second-order valence-electron chi connectivity index (χ2n) is 7.00. The predicted octanol–water partition coefficient (Wildman–Crippen LogP) is 2.53. The summed E-state index contributed by atoms with van der Waals surface area (Å²) in [7, 11) is 0. The molecule has 2 aromatic heterocycles. The molecule has 0 aliphatic carbocycles. The van der Waals surface area contributed by atoms with Crippen molar-refractivity contribution < 1.29 is 4.79 Å². The molecule has 0 radical (unpaired) electrons. The van der Waals surface area contributed by atoms with Gasteiger partial charge in [0.05, 0.1) is 18.3 Å². The van der Waals surface area contributed by atoms with Crippen molar-refractivity contribution >= 4 is 11.6 Å². The molecule has 1 amide bonds. The maximum absolute atomic E-state index is 12.6. The third-order valence-electron chi connectivity index (χ3n) is 5.04. The molecule has 134 valence electrons. The van der Waals surface area contributed by atoms with Crippen LogP contribution in [0.25, 0.3) is 5.65 Å². The van der Waals surface area contributed by atoms with Crippen LogP contribution >= 0.6 is 0 Å². The van der Waals surface area contributed by atoms with Crippen LogP contribution in [-0.2, 0) is 17.8 Å². The van der Waals surface area contributed by atoms with Crippen LogP contribution in [0.2, 0.25) is 0 Å². The smallest absolute Gasteiger partial charge is 0.227 e. The average Bonchev–Trinajstić information content (AvgIpc) is 3.05. The van der Waals surface area contributed by atoms with Crippen molar-refractivity contribution in [1.29, 1.82) is 0 Å². The van der Waals surface area contributed by atoms with Gasteiger partial charge >= 0.3 is 0 Å². The molecular weight excluding hydrogens is 324 g/mol. The Labute approximate surface area is 153 Å². The fraction of sp³-hybridized carbons (Fsp3) is 0.333. The van der Waals surface area contributed by atoms with Crippen molar-refractivity contribution in [2.24, 2.45) is 0 Å². The lowest BCUT2D eigenvalue weighted by atomic mass is 10.1. The third-order valence-corrected chi connectivity index (χ3v) is 5.04. The lowest BCUT2D eigenvalue weighted by molar-refractivity contribution is -0.132. The van der Waals surface area contributed by atoms with E-state index in [1.807, 2.05) is 41.4 Å². The largest absolute Gasteiger partial charge is 0.340 e. The van der Waals surface area contributed by atoms with Crippen LogP contribution in [0.3, 0.4) is 0 Å². The zero-order valence-corrected chi connectivity index (χ0v) is 15.1. The van der Waals surface area contributed by atoms with Gasteiger partial charge in [0.2, 0.25) is 5.91 Å². The lowest BCUT2D eigenvalue weighted by Gasteiger charge is -2.34. The van der Waals surface area contributed by atoms with E-state index in [9.17, 15) is 4.79 Å². The van der Waals surface area contributed by atoms with E-state index in [4.69, 9.17) is 0 Å². The van der Waals surface area contributed by atoms with Crippen LogP contribution in [0, 0.1) is 6.92 Å². The topological polar surface area (TPSA) is 40.9 Å². The van der Waals surface area contributed by atoms with Crippen molar-refractivity contribution in [3.63, 3.8) is 0 Å². The predicted molar refractivity (Wildman–Crippen MR) is 102 cm³/mol. The second-order valence-corrected chi connectivity index (χ2v) is 7.00. The van der Waals surface area contributed by atoms with Gasteiger partial charge in [-0.25, -0.2) is 4.98 Å². The molecule has 1 aliphatic heterocycles. The molecule has 0 N–H and O–H groups in total. The number of piperazine rings is 1. The third kappa shape index (κ3) is 3.63. The van der Waals surface area contributed by atoms with Crippen molar-refractivity contribution in [2.45, 2.75) is 19.9 Å². The molecule has 3 aromatic rings. The van der Waals surface area contributed by atoms with E-state index >= 15 is 0 Å². The molecular formula is C21H24N4O. The number of carbonyl (C=O) groups is 1. The molecule has 0 unspecified atom stereocenters. The highest BCUT2D eigenvalue weighted by atomic mass is 16.2. The van der Waals surface area contributed by atoms with E-state index in [0.717, 1.165) is 43.9 Å². The summed E-state index contributed by atoms with van der Waals surface area (Å²) in [4.78, 5) is 21.4. The first-order valence-corrected chi connectivity index (χ1v) is 9.16. The molecule has 5 nitrogen and oxygen atoms in total. The highest BCUT2D eigenvalue weighted by Crippen LogP contribution is 2.13. The van der Waals surface area contributed by atoms with E-state index in [1.54, 1.807) is 0 Å². The Bertz CT molecular complexity index is 909. The molecule has 0 atom stereocenters. The van der Waals surface area contributed by atoms with Gasteiger partial charge in [-0.15, -0.1) is 0 Å². The zero-order valence-electron chi connectivity index (χ0n) is 15.1. The van der Waals surface area contributed by atoms with Gasteiger partial charge in [-0.3, -0.25) is 9.69 Å². The summed E-state index contributed by atoms with van der Waals surface area (Å²) < 4.78 is 2.13. The van der Waals surface area contributed by atoms with Crippen LogP contribution in [-0.4, -0.2) is 51.3 Å². The standard InChI is InChI=1S/C21H24N4O/c1-17-5-4-6-18(13-17)14-21(26)24-11-9-23(10-12-24)16-19-15-22-20-7-2-3-8-25(19)20/h2-8,13,15H,9-12,14,16H2,1H3. The number of aromatic nitrogens is 2. The molecule has 0 spiro atoms. The number of carbonyl (C=O) groups excluding carboxylic acids is 1. The van der Waals surface area contributed by atoms with Gasteiger partial charge in [-0.2, -0.15) is 0 Å². The number of pyridine rings is 1. The average molecular weight is 348 g/mol. The first-order valence-electron chi connectivity index (χ1n) is 9.16. The van der Waals surface area contributed by atoms with Gasteiger partial charge in [0.1, 0.15) is 5.65 Å². The first kappa shape index (κ1) is 16.8. The summed E-state index contributed by atoms with van der Waals surface area (Å²) in [6.45, 7) is 6.32. The minimum absolute atomic E-state index is 0.227. The number of hydrogen-bond acceptors (Lipinski definition) is 3. The highest BCUT2D eigenvalue weighted by Gasteiger charge is 2.21. The Morgan fingerprint density at radius 1 is 1.08 bits per heavy atom. The SMILES string of the molecule is Cc1cccc(CC(=O)N2CCN(Cc3cnc4ccccn34)CC2)c1. The first-order chi connectivity index (χ1) is 12.7. The van der Waals surface area contributed by atoms with Crippen LogP contribution in [0.4, 0.5) is 0 Å². The van der Waals surface area contributed by atoms with E-state index in [0.29, 0.717) is 6.42 Å². The molecule has 1 fully saturated rings. The van der Waals surface area contributed by atoms with Gasteiger partial charge in [0.25, 0.3) is 0 Å². The fourth-order valence-corrected chi connectivity index (χ4v) is 3.60. The van der Waals surface area contributed by atoms with E-state index < -0.39 is 0 Å². The molecule has 1 saturated heterocycles. The Balaban J connectivity index is 1.33. The number of amides is 1. The number of hydrogen-bond donors (Lipinski definition) is 0. The molecule has 26 heavy (non-hydrogen) atoms. The van der Waals surface area contributed by atoms with Crippen LogP contribution < -0.4 is 0 Å². The van der Waals surface area contributed by atoms with Crippen LogP contribution in [0.1, 0.15) is 16.8 Å². The van der Waals surface area contributed by atoms with Crippen LogP contribution in [0.15, 0.2) is 54.9 Å². The summed E-state index contributed by atoms with van der Waals surface area (Å²) in [5.41, 5.74) is 4.48. The molecule has 1 aliphatic rings. The van der Waals surface area contributed by atoms with Crippen molar-refractivity contribution in [1.82, 2.24) is 19.2 Å². The quantitative estimate of drug-likeness (QED) is 0.727. The van der Waals surface area contributed by atoms with Gasteiger partial charge in [-0.05, 0) is 24.6 Å². The number of imidazole rings is 1. The Kier molecular flexibility index (Phi) is 4.71. The molecule has 1 aromatic carbocycles. The Morgan fingerprint density at radius 2 is 1.92 bits per heavy atom. The van der Waals surface area contributed by atoms with Gasteiger partial charge < -0.3 is 9.30 Å². The van der Waals surface area contributed by atoms with Gasteiger partial charge in [0, 0.05) is 38.9 Å². The summed E-state index contributed by atoms with van der Waals surface area (Å²) in [5.74, 6) is 0.227. The number of aryl methyl sites for hydroxylation is 1. The van der Waals surface area contributed by atoms with E-state index in [1.165, 1.54) is 11.3 Å². The molecule has 3 heterocycles. The zero-order chi connectivity index (χ0) is 17.9. The van der Waals surface area contributed by atoms with Crippen molar-refractivity contribution in [3.05, 3.63) is 71.7 Å². The van der Waals surface area contributed by atoms with Crippen molar-refractivity contribution in [3.8, 4) is 0 Å². The minimum Gasteiger partial charge on any atom is -0.340 e. The monoisotopic (exact) mass is 348 g/mol. The minimum atomic E-state index is 0.227. The second kappa shape index (κ2) is 7.30. The number of nitrogens with zero attached hydrogens (tertiary/aromatic N) is 4. The number of rotatable bonds is 4. The van der Waals surface area contributed by atoms with Crippen molar-refractivity contribution in [2.75, 3.05) is 26.2 Å². The van der Waals surface area contributed by atoms with Crippen LogP contribution in [0.5, 0.6) is 0 Å². The highest BCUT2D eigenvalue weighted by molar-refractivity contribution is 5.79. The maximum Gasteiger partial charge on any atom is 0.227 e. The van der Waals surface area contributed by atoms with E-state index in [2.05, 4.69) is 39.5 Å². The van der Waals surface area contributed by atoms with E-state index in [-0.39, 0.29) is 5.91 Å². The summed E-state index contributed by atoms with van der Waals surface area (Å²) in [5, 5.41) is 0. The lowest BCUT2D eigenvalue weighted by Crippen LogP contribution is -2.48. The number of fused-ring (bicyclic) bond motifs is 1. The molecule has 4 rings (SSSR count). The van der Waals surface area contributed by atoms with Gasteiger partial charge in [-0.1, -0.05) is 35.9 Å². The normalized spacial score (nSPS) is 15.5. The molecule has 0 bridgehead atoms. The summed E-state index contributed by atoms with van der Waals surface area (Å²) in [6.07, 6.45) is 4.50. The maximum atomic E-state index is 12.6. The fourth-order valence-electron chi connectivity index (χ4n) is 3.60.